The minimum Gasteiger partial charge on any atom is -0.457 e. The molecule has 1 saturated heterocycles. The molecule has 0 radical (unpaired) electrons. The minimum atomic E-state index is -1.06. The number of imide groups is 1. The number of likely N-dealkylation sites (N-methyl/N-ethyl adjacent to an activating group) is 1. The van der Waals surface area contributed by atoms with Crippen LogP contribution in [0.4, 0.5) is 4.79 Å². The van der Waals surface area contributed by atoms with Crippen molar-refractivity contribution in [2.24, 2.45) is 0 Å². The predicted octanol–water partition coefficient (Wildman–Crippen LogP) is 1.44. The number of rotatable bonds is 5. The average Bonchev–Trinajstić information content (AvgIpc) is 3.32. The molecule has 1 aliphatic heterocycles. The van der Waals surface area contributed by atoms with Gasteiger partial charge in [-0.15, -0.1) is 11.3 Å². The first-order valence-corrected chi connectivity index (χ1v) is 9.09. The highest BCUT2D eigenvalue weighted by atomic mass is 32.1. The van der Waals surface area contributed by atoms with Crippen LogP contribution in [-0.2, 0) is 9.59 Å². The molecular weight excluding hydrogens is 358 g/mol. The molecule has 0 saturated carbocycles. The first kappa shape index (κ1) is 18.2. The Morgan fingerprint density at radius 2 is 2.12 bits per heavy atom. The molecule has 1 aliphatic rings. The lowest BCUT2D eigenvalue weighted by Gasteiger charge is -2.31. The number of carbonyl (C=O) groups excluding carboxylic acids is 3. The van der Waals surface area contributed by atoms with E-state index >= 15 is 0 Å². The van der Waals surface area contributed by atoms with Crippen molar-refractivity contribution >= 4 is 29.2 Å². The monoisotopic (exact) mass is 377 g/mol. The molecule has 1 atom stereocenters. The smallest absolute Gasteiger partial charge is 0.324 e. The van der Waals surface area contributed by atoms with E-state index in [1.54, 1.807) is 19.1 Å². The maximum atomic E-state index is 12.2. The summed E-state index contributed by atoms with van der Waals surface area (Å²) >= 11 is 1.52. The fraction of sp³-hybridized carbons (Fsp3) is 0.353. The third-order valence-electron chi connectivity index (χ3n) is 4.10. The molecule has 2 N–H and O–H groups in total. The molecule has 2 aromatic rings. The molecule has 2 aromatic heterocycles. The topological polar surface area (TPSA) is 103 Å². The summed E-state index contributed by atoms with van der Waals surface area (Å²) in [7, 11) is 0. The quantitative estimate of drug-likeness (QED) is 0.768. The summed E-state index contributed by atoms with van der Waals surface area (Å²) in [5, 5.41) is 14.6. The number of amides is 4. The number of aliphatic hydroxyl groups excluding tert-OH is 1. The minimum absolute atomic E-state index is 0.129. The molecule has 26 heavy (non-hydrogen) atoms. The van der Waals surface area contributed by atoms with E-state index in [1.807, 2.05) is 17.5 Å². The molecular formula is C17H19N3O5S. The number of aliphatic hydroxyl groups is 1. The van der Waals surface area contributed by atoms with Crippen LogP contribution < -0.4 is 5.32 Å². The first-order chi connectivity index (χ1) is 12.5. The van der Waals surface area contributed by atoms with E-state index in [1.165, 1.54) is 16.2 Å². The van der Waals surface area contributed by atoms with E-state index in [0.717, 1.165) is 9.78 Å². The third kappa shape index (κ3) is 3.63. The molecule has 8 nitrogen and oxygen atoms in total. The van der Waals surface area contributed by atoms with Gasteiger partial charge in [0.25, 0.3) is 0 Å². The zero-order valence-electron chi connectivity index (χ0n) is 14.2. The second kappa shape index (κ2) is 7.71. The van der Waals surface area contributed by atoms with Crippen LogP contribution in [0.25, 0.3) is 10.6 Å². The van der Waals surface area contributed by atoms with Gasteiger partial charge in [0.2, 0.25) is 0 Å². The molecule has 9 heteroatoms. The lowest BCUT2D eigenvalue weighted by Crippen LogP contribution is -2.58. The third-order valence-corrected chi connectivity index (χ3v) is 4.99. The van der Waals surface area contributed by atoms with E-state index in [2.05, 4.69) is 5.32 Å². The molecule has 0 spiro atoms. The van der Waals surface area contributed by atoms with Crippen molar-refractivity contribution in [3.63, 3.8) is 0 Å². The molecule has 0 aliphatic carbocycles. The van der Waals surface area contributed by atoms with Crippen molar-refractivity contribution in [2.75, 3.05) is 26.2 Å². The number of piperazine rings is 1. The number of hydrogen-bond acceptors (Lipinski definition) is 6. The Kier molecular flexibility index (Phi) is 5.38. The van der Waals surface area contributed by atoms with Crippen molar-refractivity contribution in [3.8, 4) is 10.6 Å². The molecule has 0 aromatic carbocycles. The fourth-order valence-electron chi connectivity index (χ4n) is 2.63. The standard InChI is InChI=1S/C17H19N3O5S/c1-2-19-7-8-20(16(23)15(19)22)17(24)18-10-11(21)12-5-6-13(25-12)14-4-3-9-26-14/h3-6,9,11,21H,2,7-8,10H2,1H3,(H,18,24). The Morgan fingerprint density at radius 3 is 2.81 bits per heavy atom. The summed E-state index contributed by atoms with van der Waals surface area (Å²) in [4.78, 5) is 39.2. The summed E-state index contributed by atoms with van der Waals surface area (Å²) in [6, 6.07) is 6.48. The lowest BCUT2D eigenvalue weighted by molar-refractivity contribution is -0.153. The maximum absolute atomic E-state index is 12.2. The summed E-state index contributed by atoms with van der Waals surface area (Å²) in [6.07, 6.45) is -1.06. The second-order valence-corrected chi connectivity index (χ2v) is 6.67. The van der Waals surface area contributed by atoms with Gasteiger partial charge in [-0.1, -0.05) is 6.07 Å². The van der Waals surface area contributed by atoms with Gasteiger partial charge in [-0.05, 0) is 30.5 Å². The molecule has 138 valence electrons. The zero-order chi connectivity index (χ0) is 18.7. The number of hydrogen-bond donors (Lipinski definition) is 2. The van der Waals surface area contributed by atoms with Gasteiger partial charge in [-0.25, -0.2) is 4.79 Å². The summed E-state index contributed by atoms with van der Waals surface area (Å²) in [6.45, 7) is 2.49. The van der Waals surface area contributed by atoms with Crippen LogP contribution in [0.5, 0.6) is 0 Å². The van der Waals surface area contributed by atoms with Crippen LogP contribution >= 0.6 is 11.3 Å². The molecule has 0 bridgehead atoms. The van der Waals surface area contributed by atoms with E-state index < -0.39 is 23.9 Å². The zero-order valence-corrected chi connectivity index (χ0v) is 15.0. The predicted molar refractivity (Wildman–Crippen MR) is 94.3 cm³/mol. The summed E-state index contributed by atoms with van der Waals surface area (Å²) in [5.74, 6) is -0.604. The number of nitrogens with zero attached hydrogens (tertiary/aromatic N) is 2. The Morgan fingerprint density at radius 1 is 1.31 bits per heavy atom. The van der Waals surface area contributed by atoms with Crippen LogP contribution in [-0.4, -0.2) is 58.9 Å². The fourth-order valence-corrected chi connectivity index (χ4v) is 3.32. The normalized spacial score (nSPS) is 16.1. The Labute approximate surface area is 154 Å². The first-order valence-electron chi connectivity index (χ1n) is 8.21. The van der Waals surface area contributed by atoms with Crippen LogP contribution in [0.15, 0.2) is 34.1 Å². The number of thiophene rings is 1. The maximum Gasteiger partial charge on any atom is 0.324 e. The van der Waals surface area contributed by atoms with Crippen LogP contribution in [0.1, 0.15) is 18.8 Å². The largest absolute Gasteiger partial charge is 0.457 e. The van der Waals surface area contributed by atoms with E-state index in [4.69, 9.17) is 4.42 Å². The summed E-state index contributed by atoms with van der Waals surface area (Å²) < 4.78 is 5.60. The van der Waals surface area contributed by atoms with E-state index in [0.29, 0.717) is 24.6 Å². The van der Waals surface area contributed by atoms with Crippen molar-refractivity contribution < 1.29 is 23.9 Å². The molecule has 1 unspecified atom stereocenters. The van der Waals surface area contributed by atoms with Crippen molar-refractivity contribution in [3.05, 3.63) is 35.4 Å². The van der Waals surface area contributed by atoms with E-state index in [-0.39, 0.29) is 13.1 Å². The molecule has 3 rings (SSSR count). The summed E-state index contributed by atoms with van der Waals surface area (Å²) in [5.41, 5.74) is 0. The number of carbonyl (C=O) groups is 3. The van der Waals surface area contributed by atoms with Gasteiger partial charge in [-0.3, -0.25) is 14.5 Å². The SMILES string of the molecule is CCN1CCN(C(=O)NCC(O)c2ccc(-c3cccs3)o2)C(=O)C1=O. The van der Waals surface area contributed by atoms with Crippen molar-refractivity contribution in [2.45, 2.75) is 13.0 Å². The second-order valence-electron chi connectivity index (χ2n) is 5.72. The van der Waals surface area contributed by atoms with Gasteiger partial charge < -0.3 is 19.7 Å². The van der Waals surface area contributed by atoms with Gasteiger partial charge in [0, 0.05) is 19.6 Å². The molecule has 1 fully saturated rings. The van der Waals surface area contributed by atoms with Gasteiger partial charge in [0.05, 0.1) is 11.4 Å². The van der Waals surface area contributed by atoms with Gasteiger partial charge in [0.15, 0.2) is 0 Å². The van der Waals surface area contributed by atoms with Crippen molar-refractivity contribution in [1.29, 1.82) is 0 Å². The Bertz CT molecular complexity index is 801. The van der Waals surface area contributed by atoms with Crippen LogP contribution in [0.3, 0.4) is 0 Å². The molecule has 4 amide bonds. The van der Waals surface area contributed by atoms with Crippen LogP contribution in [0, 0.1) is 0 Å². The highest BCUT2D eigenvalue weighted by Gasteiger charge is 2.35. The van der Waals surface area contributed by atoms with Gasteiger partial charge in [-0.2, -0.15) is 0 Å². The molecule has 3 heterocycles. The number of urea groups is 1. The van der Waals surface area contributed by atoms with Gasteiger partial charge >= 0.3 is 17.8 Å². The number of furan rings is 1. The van der Waals surface area contributed by atoms with Crippen molar-refractivity contribution in [1.82, 2.24) is 15.1 Å². The van der Waals surface area contributed by atoms with Crippen LogP contribution in [0.2, 0.25) is 0 Å². The lowest BCUT2D eigenvalue weighted by atomic mass is 10.2. The number of nitrogens with one attached hydrogen (secondary N) is 1. The Hall–Kier alpha value is -2.65. The Balaban J connectivity index is 1.56. The van der Waals surface area contributed by atoms with Gasteiger partial charge in [0.1, 0.15) is 17.6 Å². The highest BCUT2D eigenvalue weighted by molar-refractivity contribution is 7.13. The average molecular weight is 377 g/mol. The van der Waals surface area contributed by atoms with E-state index in [9.17, 15) is 19.5 Å². The highest BCUT2D eigenvalue weighted by Crippen LogP contribution is 2.28.